The molecule has 0 radical (unpaired) electrons. The molecule has 4 rings (SSSR count). The lowest BCUT2D eigenvalue weighted by Gasteiger charge is -2.32. The second-order valence-corrected chi connectivity index (χ2v) is 7.71. The van der Waals surface area contributed by atoms with Gasteiger partial charge in [-0.25, -0.2) is 9.59 Å². The summed E-state index contributed by atoms with van der Waals surface area (Å²) in [7, 11) is 4.22. The summed E-state index contributed by atoms with van der Waals surface area (Å²) in [5, 5.41) is 11.6. The maximum atomic E-state index is 12.1. The van der Waals surface area contributed by atoms with E-state index in [0.29, 0.717) is 24.8 Å². The number of amides is 1. The minimum absolute atomic E-state index is 0.00649. The number of nitrogens with zero attached hydrogens (tertiary/aromatic N) is 2. The molecule has 134 valence electrons. The molecule has 7 nitrogen and oxygen atoms in total. The highest BCUT2D eigenvalue weighted by molar-refractivity contribution is 5.88. The maximum Gasteiger partial charge on any atom is 0.413 e. The molecule has 0 spiro atoms. The predicted octanol–water partition coefficient (Wildman–Crippen LogP) is 1.76. The number of carbonyl (C=O) groups is 2. The van der Waals surface area contributed by atoms with Crippen molar-refractivity contribution in [1.29, 1.82) is 0 Å². The molecule has 1 saturated heterocycles. The van der Waals surface area contributed by atoms with Gasteiger partial charge in [0, 0.05) is 24.7 Å². The number of nitrogens with one attached hydrogen (secondary N) is 1. The number of carbonyl (C=O) groups excluding carboxylic acids is 1. The van der Waals surface area contributed by atoms with Crippen molar-refractivity contribution in [2.75, 3.05) is 25.5 Å². The lowest BCUT2D eigenvalue weighted by atomic mass is 9.81. The third-order valence-corrected chi connectivity index (χ3v) is 6.01. The van der Waals surface area contributed by atoms with Gasteiger partial charge in [0.1, 0.15) is 11.3 Å². The van der Waals surface area contributed by atoms with Crippen LogP contribution in [0.15, 0.2) is 18.2 Å². The number of anilines is 1. The smallest absolute Gasteiger partial charge is 0.413 e. The summed E-state index contributed by atoms with van der Waals surface area (Å²) in [4.78, 5) is 27.9. The Morgan fingerprint density at radius 2 is 2.00 bits per heavy atom. The molecule has 0 bridgehead atoms. The van der Waals surface area contributed by atoms with Crippen LogP contribution in [0.25, 0.3) is 0 Å². The number of hydrogen-bond acceptors (Lipinski definition) is 5. The number of likely N-dealkylation sites (tertiary alicyclic amines) is 1. The van der Waals surface area contributed by atoms with Gasteiger partial charge in [0.15, 0.2) is 0 Å². The highest BCUT2D eigenvalue weighted by atomic mass is 16.6. The Hall–Kier alpha value is -2.28. The van der Waals surface area contributed by atoms with Gasteiger partial charge < -0.3 is 20.1 Å². The van der Waals surface area contributed by atoms with E-state index < -0.39 is 17.6 Å². The van der Waals surface area contributed by atoms with E-state index in [9.17, 15) is 9.59 Å². The van der Waals surface area contributed by atoms with E-state index in [2.05, 4.69) is 36.1 Å². The number of likely N-dealkylation sites (N-methyl/N-ethyl adjacent to an activating group) is 2. The zero-order valence-corrected chi connectivity index (χ0v) is 14.7. The fourth-order valence-corrected chi connectivity index (χ4v) is 4.46. The molecule has 3 aliphatic rings. The van der Waals surface area contributed by atoms with Gasteiger partial charge in [-0.15, -0.1) is 0 Å². The molecule has 1 saturated carbocycles. The number of rotatable bonds is 3. The lowest BCUT2D eigenvalue weighted by Crippen LogP contribution is -2.45. The molecule has 7 heteroatoms. The fraction of sp³-hybridized carbons (Fsp3) is 0.556. The van der Waals surface area contributed by atoms with E-state index >= 15 is 0 Å². The van der Waals surface area contributed by atoms with E-state index in [1.165, 1.54) is 5.56 Å². The van der Waals surface area contributed by atoms with Crippen LogP contribution in [-0.4, -0.2) is 54.4 Å². The Labute approximate surface area is 146 Å². The molecule has 2 atom stereocenters. The summed E-state index contributed by atoms with van der Waals surface area (Å²) in [5.74, 6) is -0.563. The third kappa shape index (κ3) is 2.29. The molecule has 2 heterocycles. The maximum absolute atomic E-state index is 12.1. The molecule has 0 unspecified atom stereocenters. The van der Waals surface area contributed by atoms with Crippen LogP contribution in [0.4, 0.5) is 10.5 Å². The summed E-state index contributed by atoms with van der Waals surface area (Å²) in [6.07, 6.45) is 1.52. The van der Waals surface area contributed by atoms with Crippen molar-refractivity contribution in [1.82, 2.24) is 10.2 Å². The molecule has 1 aliphatic carbocycles. The van der Waals surface area contributed by atoms with E-state index in [1.807, 2.05) is 12.1 Å². The molecular weight excluding hydrogens is 322 g/mol. The van der Waals surface area contributed by atoms with Gasteiger partial charge in [-0.05, 0) is 50.1 Å². The number of carboxylic acids is 1. The molecular formula is C18H23N3O4. The summed E-state index contributed by atoms with van der Waals surface area (Å²) in [5.41, 5.74) is 1.18. The summed E-state index contributed by atoms with van der Waals surface area (Å²) >= 11 is 0. The second kappa shape index (κ2) is 5.11. The van der Waals surface area contributed by atoms with Crippen LogP contribution in [0.5, 0.6) is 5.75 Å². The van der Waals surface area contributed by atoms with Crippen LogP contribution in [0, 0.1) is 0 Å². The molecule has 1 aromatic carbocycles. The zero-order valence-electron chi connectivity index (χ0n) is 14.7. The SMILES string of the molecule is CN1CC[C@@]2(C)c3cc(OC(=O)NC4(C(=O)O)CC4)ccc3N(C)[C@@H]12. The van der Waals surface area contributed by atoms with Gasteiger partial charge in [-0.2, -0.15) is 0 Å². The Balaban J connectivity index is 1.56. The van der Waals surface area contributed by atoms with Crippen molar-refractivity contribution in [3.8, 4) is 5.75 Å². The highest BCUT2D eigenvalue weighted by Crippen LogP contribution is 2.51. The van der Waals surface area contributed by atoms with Gasteiger partial charge in [0.2, 0.25) is 0 Å². The van der Waals surface area contributed by atoms with Gasteiger partial charge in [0.05, 0.1) is 6.17 Å². The molecule has 2 fully saturated rings. The first kappa shape index (κ1) is 16.2. The Bertz CT molecular complexity index is 761. The number of carboxylic acid groups (broad SMARTS) is 1. The molecule has 1 amide bonds. The molecule has 25 heavy (non-hydrogen) atoms. The first-order chi connectivity index (χ1) is 11.8. The molecule has 1 aromatic rings. The van der Waals surface area contributed by atoms with E-state index in [0.717, 1.165) is 18.7 Å². The minimum Gasteiger partial charge on any atom is -0.480 e. The third-order valence-electron chi connectivity index (χ3n) is 6.01. The van der Waals surface area contributed by atoms with E-state index in [-0.39, 0.29) is 5.41 Å². The van der Waals surface area contributed by atoms with Crippen molar-refractivity contribution >= 4 is 17.7 Å². The lowest BCUT2D eigenvalue weighted by molar-refractivity contribution is -0.140. The van der Waals surface area contributed by atoms with Crippen LogP contribution in [0.2, 0.25) is 0 Å². The molecule has 0 aromatic heterocycles. The average Bonchev–Trinajstić information content (AvgIpc) is 3.21. The normalized spacial score (nSPS) is 29.1. The summed E-state index contributed by atoms with van der Waals surface area (Å²) in [6, 6.07) is 5.66. The predicted molar refractivity (Wildman–Crippen MR) is 92.0 cm³/mol. The molecule has 2 aliphatic heterocycles. The zero-order chi connectivity index (χ0) is 18.0. The van der Waals surface area contributed by atoms with Crippen molar-refractivity contribution in [2.45, 2.75) is 43.3 Å². The topological polar surface area (TPSA) is 82.1 Å². The average molecular weight is 345 g/mol. The fourth-order valence-electron chi connectivity index (χ4n) is 4.46. The van der Waals surface area contributed by atoms with Crippen LogP contribution in [0.3, 0.4) is 0 Å². The quantitative estimate of drug-likeness (QED) is 0.869. The monoisotopic (exact) mass is 345 g/mol. The van der Waals surface area contributed by atoms with Crippen molar-refractivity contribution < 1.29 is 19.4 Å². The Kier molecular flexibility index (Phi) is 3.31. The van der Waals surface area contributed by atoms with Crippen LogP contribution >= 0.6 is 0 Å². The van der Waals surface area contributed by atoms with Crippen molar-refractivity contribution in [3.05, 3.63) is 23.8 Å². The number of fused-ring (bicyclic) bond motifs is 3. The first-order valence-corrected chi connectivity index (χ1v) is 8.58. The standard InChI is InChI=1S/C18H23N3O4/c1-17-8-9-20(2)14(17)21(3)13-5-4-11(10-12(13)17)25-16(24)19-18(6-7-18)15(22)23/h4-5,10,14H,6-9H2,1-3H3,(H,19,24)(H,22,23)/t14-,17+/m1/s1. The Morgan fingerprint density at radius 3 is 2.64 bits per heavy atom. The summed E-state index contributed by atoms with van der Waals surface area (Å²) in [6.45, 7) is 3.27. The molecule has 2 N–H and O–H groups in total. The minimum atomic E-state index is -1.14. The highest BCUT2D eigenvalue weighted by Gasteiger charge is 2.53. The second-order valence-electron chi connectivity index (χ2n) is 7.71. The van der Waals surface area contributed by atoms with Gasteiger partial charge in [0.25, 0.3) is 0 Å². The number of benzene rings is 1. The van der Waals surface area contributed by atoms with E-state index in [1.54, 1.807) is 6.07 Å². The largest absolute Gasteiger partial charge is 0.480 e. The van der Waals surface area contributed by atoms with Crippen LogP contribution < -0.4 is 15.0 Å². The van der Waals surface area contributed by atoms with Gasteiger partial charge >= 0.3 is 12.1 Å². The van der Waals surface area contributed by atoms with Gasteiger partial charge in [-0.1, -0.05) is 6.92 Å². The van der Waals surface area contributed by atoms with Crippen molar-refractivity contribution in [2.24, 2.45) is 0 Å². The van der Waals surface area contributed by atoms with Gasteiger partial charge in [-0.3, -0.25) is 4.90 Å². The van der Waals surface area contributed by atoms with Crippen molar-refractivity contribution in [3.63, 3.8) is 0 Å². The van der Waals surface area contributed by atoms with Crippen LogP contribution in [-0.2, 0) is 10.2 Å². The number of ether oxygens (including phenoxy) is 1. The van der Waals surface area contributed by atoms with E-state index in [4.69, 9.17) is 9.84 Å². The summed E-state index contributed by atoms with van der Waals surface area (Å²) < 4.78 is 5.38. The Morgan fingerprint density at radius 1 is 1.28 bits per heavy atom. The number of aliphatic carboxylic acids is 1. The number of hydrogen-bond donors (Lipinski definition) is 2. The van der Waals surface area contributed by atoms with Crippen LogP contribution in [0.1, 0.15) is 31.7 Å². The first-order valence-electron chi connectivity index (χ1n) is 8.58.